The molecule has 1 saturated heterocycles. The maximum absolute atomic E-state index is 11.0. The molecule has 1 rings (SSSR count). The van der Waals surface area contributed by atoms with Gasteiger partial charge in [-0.2, -0.15) is 0 Å². The van der Waals surface area contributed by atoms with Gasteiger partial charge in [-0.15, -0.1) is 0 Å². The van der Waals surface area contributed by atoms with E-state index in [1.54, 1.807) is 0 Å². The lowest BCUT2D eigenvalue weighted by Crippen LogP contribution is -2.37. The molecule has 4 nitrogen and oxygen atoms in total. The average molecular weight is 200 g/mol. The van der Waals surface area contributed by atoms with Gasteiger partial charge >= 0.3 is 11.9 Å². The molecular weight excluding hydrogens is 184 g/mol. The van der Waals surface area contributed by atoms with Crippen molar-refractivity contribution in [3.05, 3.63) is 0 Å². The van der Waals surface area contributed by atoms with Crippen molar-refractivity contribution < 1.29 is 19.1 Å². The number of hydrogen-bond donors (Lipinski definition) is 0. The van der Waals surface area contributed by atoms with Gasteiger partial charge in [-0.25, -0.2) is 0 Å². The van der Waals surface area contributed by atoms with E-state index in [1.807, 2.05) is 6.92 Å². The first-order valence-electron chi connectivity index (χ1n) is 5.06. The minimum atomic E-state index is -0.659. The summed E-state index contributed by atoms with van der Waals surface area (Å²) in [5.41, 5.74) is 0. The summed E-state index contributed by atoms with van der Waals surface area (Å²) < 4.78 is 9.96. The number of ether oxygens (including phenoxy) is 2. The number of carbonyl (C=O) groups excluding carboxylic acids is 2. The maximum atomic E-state index is 11.0. The molecule has 1 unspecified atom stereocenters. The van der Waals surface area contributed by atoms with E-state index in [0.717, 1.165) is 19.3 Å². The zero-order valence-corrected chi connectivity index (χ0v) is 8.62. The van der Waals surface area contributed by atoms with Crippen LogP contribution in [0.3, 0.4) is 0 Å². The molecule has 0 aromatic rings. The molecule has 1 fully saturated rings. The smallest absolute Gasteiger partial charge is 0.320 e. The topological polar surface area (TPSA) is 52.6 Å². The van der Waals surface area contributed by atoms with Gasteiger partial charge in [0.2, 0.25) is 6.29 Å². The highest BCUT2D eigenvalue weighted by atomic mass is 16.7. The molecule has 1 heterocycles. The second-order valence-corrected chi connectivity index (χ2v) is 3.48. The lowest BCUT2D eigenvalue weighted by Gasteiger charge is -2.28. The fraction of sp³-hybridized carbons (Fsp3) is 0.800. The predicted molar refractivity (Wildman–Crippen MR) is 49.3 cm³/mol. The van der Waals surface area contributed by atoms with Crippen molar-refractivity contribution in [2.24, 2.45) is 5.92 Å². The van der Waals surface area contributed by atoms with Crippen molar-refractivity contribution in [1.82, 2.24) is 0 Å². The van der Waals surface area contributed by atoms with Crippen LogP contribution in [0.2, 0.25) is 0 Å². The molecule has 0 aliphatic carbocycles. The van der Waals surface area contributed by atoms with Crippen LogP contribution >= 0.6 is 0 Å². The SMILES string of the molecule is CCCC(CC)C1OC(=O)CC(=O)O1. The van der Waals surface area contributed by atoms with Crippen LogP contribution in [0, 0.1) is 5.92 Å². The van der Waals surface area contributed by atoms with Crippen LogP contribution in [0.4, 0.5) is 0 Å². The number of hydrogen-bond acceptors (Lipinski definition) is 4. The van der Waals surface area contributed by atoms with Gasteiger partial charge in [-0.3, -0.25) is 9.59 Å². The van der Waals surface area contributed by atoms with Crippen molar-refractivity contribution in [2.75, 3.05) is 0 Å². The van der Waals surface area contributed by atoms with Gasteiger partial charge in [0.15, 0.2) is 0 Å². The summed E-state index contributed by atoms with van der Waals surface area (Å²) in [5.74, 6) is -0.810. The van der Waals surface area contributed by atoms with E-state index >= 15 is 0 Å². The summed E-state index contributed by atoms with van der Waals surface area (Å²) in [6, 6.07) is 0. The predicted octanol–water partition coefficient (Wildman–Crippen LogP) is 1.63. The molecule has 14 heavy (non-hydrogen) atoms. The number of carbonyl (C=O) groups is 2. The standard InChI is InChI=1S/C10H16O4/c1-3-5-7(4-2)10-13-8(11)6-9(12)14-10/h7,10H,3-6H2,1-2H3. The summed E-state index contributed by atoms with van der Waals surface area (Å²) in [4.78, 5) is 22.0. The van der Waals surface area contributed by atoms with Crippen LogP contribution in [0.25, 0.3) is 0 Å². The minimum Gasteiger partial charge on any atom is -0.424 e. The highest BCUT2D eigenvalue weighted by molar-refractivity contribution is 5.92. The van der Waals surface area contributed by atoms with Gasteiger partial charge in [0.1, 0.15) is 6.42 Å². The first-order chi connectivity index (χ1) is 6.67. The molecule has 0 aromatic heterocycles. The van der Waals surface area contributed by atoms with Gasteiger partial charge in [-0.1, -0.05) is 20.3 Å². The Morgan fingerprint density at radius 1 is 1.29 bits per heavy atom. The van der Waals surface area contributed by atoms with Crippen LogP contribution in [0.15, 0.2) is 0 Å². The summed E-state index contributed by atoms with van der Waals surface area (Å²) >= 11 is 0. The Kier molecular flexibility index (Phi) is 3.92. The Labute approximate surface area is 83.6 Å². The first-order valence-corrected chi connectivity index (χ1v) is 5.06. The molecule has 0 bridgehead atoms. The van der Waals surface area contributed by atoms with Gasteiger partial charge in [0.05, 0.1) is 0 Å². The second kappa shape index (κ2) is 4.98. The van der Waals surface area contributed by atoms with E-state index in [9.17, 15) is 9.59 Å². The molecule has 0 N–H and O–H groups in total. The number of cyclic esters (lactones) is 2. The van der Waals surface area contributed by atoms with Crippen molar-refractivity contribution in [3.63, 3.8) is 0 Å². The van der Waals surface area contributed by atoms with Gasteiger partial charge in [0.25, 0.3) is 0 Å². The molecule has 0 radical (unpaired) electrons. The highest BCUT2D eigenvalue weighted by Gasteiger charge is 2.32. The van der Waals surface area contributed by atoms with Crippen molar-refractivity contribution >= 4 is 11.9 Å². The highest BCUT2D eigenvalue weighted by Crippen LogP contribution is 2.23. The Hall–Kier alpha value is -1.06. The molecule has 1 aliphatic heterocycles. The van der Waals surface area contributed by atoms with E-state index in [4.69, 9.17) is 9.47 Å². The van der Waals surface area contributed by atoms with E-state index < -0.39 is 18.2 Å². The third kappa shape index (κ3) is 2.72. The molecular formula is C10H16O4. The van der Waals surface area contributed by atoms with E-state index in [1.165, 1.54) is 0 Å². The van der Waals surface area contributed by atoms with Crippen molar-refractivity contribution in [2.45, 2.75) is 45.8 Å². The zero-order valence-electron chi connectivity index (χ0n) is 8.62. The summed E-state index contributed by atoms with van der Waals surface area (Å²) in [6.45, 7) is 4.05. The molecule has 80 valence electrons. The lowest BCUT2D eigenvalue weighted by molar-refractivity contribution is -0.213. The monoisotopic (exact) mass is 200 g/mol. The third-order valence-electron chi connectivity index (χ3n) is 2.35. The normalized spacial score (nSPS) is 20.1. The van der Waals surface area contributed by atoms with Crippen LogP contribution in [-0.4, -0.2) is 18.2 Å². The molecule has 0 spiro atoms. The number of rotatable bonds is 4. The quantitative estimate of drug-likeness (QED) is 0.511. The molecule has 4 heteroatoms. The first kappa shape index (κ1) is 11.0. The largest absolute Gasteiger partial charge is 0.424 e. The maximum Gasteiger partial charge on any atom is 0.320 e. The van der Waals surface area contributed by atoms with Crippen LogP contribution in [0.1, 0.15) is 39.5 Å². The van der Waals surface area contributed by atoms with Gasteiger partial charge in [-0.05, 0) is 12.8 Å². The van der Waals surface area contributed by atoms with Crippen LogP contribution in [-0.2, 0) is 19.1 Å². The van der Waals surface area contributed by atoms with Crippen LogP contribution < -0.4 is 0 Å². The summed E-state index contributed by atoms with van der Waals surface area (Å²) in [6.07, 6.45) is 1.83. The van der Waals surface area contributed by atoms with E-state index in [2.05, 4.69) is 6.92 Å². The van der Waals surface area contributed by atoms with Gasteiger partial charge in [0, 0.05) is 5.92 Å². The number of esters is 2. The fourth-order valence-electron chi connectivity index (χ4n) is 1.58. The van der Waals surface area contributed by atoms with Crippen molar-refractivity contribution in [1.29, 1.82) is 0 Å². The Morgan fingerprint density at radius 3 is 2.29 bits per heavy atom. The lowest BCUT2D eigenvalue weighted by atomic mass is 10.00. The molecule has 0 saturated carbocycles. The molecule has 1 atom stereocenters. The molecule has 0 amide bonds. The average Bonchev–Trinajstić information content (AvgIpc) is 2.12. The minimum absolute atomic E-state index is 0.133. The second-order valence-electron chi connectivity index (χ2n) is 3.48. The van der Waals surface area contributed by atoms with Crippen LogP contribution in [0.5, 0.6) is 0 Å². The fourth-order valence-corrected chi connectivity index (χ4v) is 1.58. The summed E-state index contributed by atoms with van der Waals surface area (Å²) in [5, 5.41) is 0. The van der Waals surface area contributed by atoms with E-state index in [0.29, 0.717) is 0 Å². The molecule has 1 aliphatic rings. The Morgan fingerprint density at radius 2 is 1.86 bits per heavy atom. The Bertz CT molecular complexity index is 208. The van der Waals surface area contributed by atoms with Crippen molar-refractivity contribution in [3.8, 4) is 0 Å². The van der Waals surface area contributed by atoms with Gasteiger partial charge < -0.3 is 9.47 Å². The summed E-state index contributed by atoms with van der Waals surface area (Å²) in [7, 11) is 0. The third-order valence-corrected chi connectivity index (χ3v) is 2.35. The molecule has 0 aromatic carbocycles. The Balaban J connectivity index is 2.56. The van der Waals surface area contributed by atoms with E-state index in [-0.39, 0.29) is 12.3 Å². The zero-order chi connectivity index (χ0) is 10.6.